The predicted octanol–water partition coefficient (Wildman–Crippen LogP) is 1.87. The van der Waals surface area contributed by atoms with Crippen molar-refractivity contribution in [2.75, 3.05) is 6.61 Å². The maximum Gasteiger partial charge on any atom is 0.109 e. The Morgan fingerprint density at radius 1 is 1.42 bits per heavy atom. The number of benzene rings is 1. The molecule has 1 aliphatic carbocycles. The number of hydrogen-bond acceptors (Lipinski definition) is 3. The summed E-state index contributed by atoms with van der Waals surface area (Å²) in [6, 6.07) is 8.04. The van der Waals surface area contributed by atoms with Gasteiger partial charge in [0.25, 0.3) is 0 Å². The molecule has 19 heavy (non-hydrogen) atoms. The van der Waals surface area contributed by atoms with Crippen LogP contribution >= 0.6 is 0 Å². The molecule has 0 aliphatic heterocycles. The maximum atomic E-state index is 9.80. The minimum Gasteiger partial charge on any atom is -0.394 e. The van der Waals surface area contributed by atoms with Crippen LogP contribution in [0.4, 0.5) is 0 Å². The Morgan fingerprint density at radius 2 is 2.16 bits per heavy atom. The van der Waals surface area contributed by atoms with Gasteiger partial charge >= 0.3 is 0 Å². The molecule has 3 rings (SSSR count). The van der Waals surface area contributed by atoms with Gasteiger partial charge in [-0.3, -0.25) is 0 Å². The van der Waals surface area contributed by atoms with Crippen molar-refractivity contribution in [3.05, 3.63) is 30.1 Å². The standard InChI is InChI=1S/C15H21N3O/c1-2-14-17-11-5-3-4-6-12(11)18(14)13(9-19)15(16)10-7-8-10/h3-6,10,13,15,19H,2,7-9,16H2,1H3. The number of rotatable bonds is 5. The van der Waals surface area contributed by atoms with Crippen LogP contribution < -0.4 is 5.73 Å². The van der Waals surface area contributed by atoms with Crippen molar-refractivity contribution in [2.45, 2.75) is 38.3 Å². The Morgan fingerprint density at radius 3 is 2.79 bits per heavy atom. The van der Waals surface area contributed by atoms with Crippen molar-refractivity contribution in [2.24, 2.45) is 11.7 Å². The van der Waals surface area contributed by atoms with E-state index >= 15 is 0 Å². The molecule has 0 saturated heterocycles. The summed E-state index contributed by atoms with van der Waals surface area (Å²) in [5, 5.41) is 9.80. The summed E-state index contributed by atoms with van der Waals surface area (Å²) >= 11 is 0. The van der Waals surface area contributed by atoms with Crippen LogP contribution in [0.15, 0.2) is 24.3 Å². The number of fused-ring (bicyclic) bond motifs is 1. The summed E-state index contributed by atoms with van der Waals surface area (Å²) < 4.78 is 2.15. The van der Waals surface area contributed by atoms with Gasteiger partial charge in [-0.15, -0.1) is 0 Å². The van der Waals surface area contributed by atoms with E-state index in [4.69, 9.17) is 5.73 Å². The van der Waals surface area contributed by atoms with Crippen molar-refractivity contribution in [1.82, 2.24) is 9.55 Å². The van der Waals surface area contributed by atoms with Crippen LogP contribution in [-0.2, 0) is 6.42 Å². The third-order valence-electron chi connectivity index (χ3n) is 4.11. The van der Waals surface area contributed by atoms with Gasteiger partial charge in [-0.2, -0.15) is 0 Å². The summed E-state index contributed by atoms with van der Waals surface area (Å²) in [7, 11) is 0. The molecule has 2 unspecified atom stereocenters. The molecular weight excluding hydrogens is 238 g/mol. The number of imidazole rings is 1. The van der Waals surface area contributed by atoms with Crippen LogP contribution in [-0.4, -0.2) is 27.3 Å². The highest BCUT2D eigenvalue weighted by atomic mass is 16.3. The van der Waals surface area contributed by atoms with Gasteiger partial charge in [0.15, 0.2) is 0 Å². The zero-order chi connectivity index (χ0) is 13.4. The van der Waals surface area contributed by atoms with Crippen LogP contribution in [0.25, 0.3) is 11.0 Å². The van der Waals surface area contributed by atoms with E-state index in [1.807, 2.05) is 18.2 Å². The number of para-hydroxylation sites is 2. The smallest absolute Gasteiger partial charge is 0.109 e. The summed E-state index contributed by atoms with van der Waals surface area (Å²) in [5.41, 5.74) is 8.40. The lowest BCUT2D eigenvalue weighted by Crippen LogP contribution is -2.37. The molecule has 2 aromatic rings. The first-order valence-corrected chi connectivity index (χ1v) is 7.08. The quantitative estimate of drug-likeness (QED) is 0.861. The van der Waals surface area contributed by atoms with Crippen LogP contribution in [0.3, 0.4) is 0 Å². The number of aliphatic hydroxyl groups excluding tert-OH is 1. The average Bonchev–Trinajstić information content (AvgIpc) is 3.22. The molecule has 102 valence electrons. The molecule has 2 atom stereocenters. The summed E-state index contributed by atoms with van der Waals surface area (Å²) in [4.78, 5) is 4.66. The first-order chi connectivity index (χ1) is 9.26. The highest BCUT2D eigenvalue weighted by Gasteiger charge is 2.35. The van der Waals surface area contributed by atoms with Gasteiger partial charge in [0.05, 0.1) is 23.7 Å². The molecule has 1 aromatic carbocycles. The molecule has 0 amide bonds. The van der Waals surface area contributed by atoms with Gasteiger partial charge in [-0.05, 0) is 30.9 Å². The van der Waals surface area contributed by atoms with E-state index in [2.05, 4.69) is 22.5 Å². The van der Waals surface area contributed by atoms with E-state index in [0.717, 1.165) is 23.3 Å². The number of aromatic nitrogens is 2. The molecular formula is C15H21N3O. The van der Waals surface area contributed by atoms with Crippen molar-refractivity contribution < 1.29 is 5.11 Å². The lowest BCUT2D eigenvalue weighted by atomic mass is 10.0. The van der Waals surface area contributed by atoms with Crippen molar-refractivity contribution in [3.8, 4) is 0 Å². The lowest BCUT2D eigenvalue weighted by molar-refractivity contribution is 0.199. The lowest BCUT2D eigenvalue weighted by Gasteiger charge is -2.25. The molecule has 1 aromatic heterocycles. The van der Waals surface area contributed by atoms with E-state index in [-0.39, 0.29) is 18.7 Å². The number of nitrogens with two attached hydrogens (primary N) is 1. The van der Waals surface area contributed by atoms with Gasteiger partial charge in [0, 0.05) is 12.5 Å². The Labute approximate surface area is 113 Å². The molecule has 1 aliphatic rings. The molecule has 0 spiro atoms. The van der Waals surface area contributed by atoms with Gasteiger partial charge in [0.2, 0.25) is 0 Å². The van der Waals surface area contributed by atoms with Gasteiger partial charge in [0.1, 0.15) is 5.82 Å². The van der Waals surface area contributed by atoms with Crippen molar-refractivity contribution >= 4 is 11.0 Å². The largest absolute Gasteiger partial charge is 0.394 e. The third-order valence-corrected chi connectivity index (χ3v) is 4.11. The van der Waals surface area contributed by atoms with Crippen LogP contribution in [0.1, 0.15) is 31.6 Å². The van der Waals surface area contributed by atoms with E-state index in [1.165, 1.54) is 12.8 Å². The second-order valence-electron chi connectivity index (χ2n) is 5.41. The van der Waals surface area contributed by atoms with E-state index < -0.39 is 0 Å². The third kappa shape index (κ3) is 2.15. The number of nitrogens with zero attached hydrogens (tertiary/aromatic N) is 2. The van der Waals surface area contributed by atoms with Crippen molar-refractivity contribution in [1.29, 1.82) is 0 Å². The molecule has 1 fully saturated rings. The minimum atomic E-state index is -0.0603. The second kappa shape index (κ2) is 4.94. The van der Waals surface area contributed by atoms with E-state index in [1.54, 1.807) is 0 Å². The number of aliphatic hydroxyl groups is 1. The number of aryl methyl sites for hydroxylation is 1. The Hall–Kier alpha value is -1.39. The summed E-state index contributed by atoms with van der Waals surface area (Å²) in [6.45, 7) is 2.17. The molecule has 0 radical (unpaired) electrons. The fourth-order valence-electron chi connectivity index (χ4n) is 2.88. The monoisotopic (exact) mass is 259 g/mol. The molecule has 3 N–H and O–H groups in total. The molecule has 1 heterocycles. The molecule has 1 saturated carbocycles. The summed E-state index contributed by atoms with van der Waals surface area (Å²) in [6.07, 6.45) is 3.22. The van der Waals surface area contributed by atoms with Crippen LogP contribution in [0.5, 0.6) is 0 Å². The van der Waals surface area contributed by atoms with Crippen LogP contribution in [0.2, 0.25) is 0 Å². The molecule has 4 heteroatoms. The average molecular weight is 259 g/mol. The predicted molar refractivity (Wildman–Crippen MR) is 75.9 cm³/mol. The normalized spacial score (nSPS) is 18.7. The topological polar surface area (TPSA) is 64.1 Å². The fraction of sp³-hybridized carbons (Fsp3) is 0.533. The van der Waals surface area contributed by atoms with Crippen molar-refractivity contribution in [3.63, 3.8) is 0 Å². The Kier molecular flexibility index (Phi) is 3.29. The SMILES string of the molecule is CCc1nc2ccccc2n1C(CO)C(N)C1CC1. The Bertz CT molecular complexity index is 574. The highest BCUT2D eigenvalue weighted by Crippen LogP contribution is 2.37. The Balaban J connectivity index is 2.10. The fourth-order valence-corrected chi connectivity index (χ4v) is 2.88. The van der Waals surface area contributed by atoms with Gasteiger partial charge in [-0.1, -0.05) is 19.1 Å². The molecule has 0 bridgehead atoms. The summed E-state index contributed by atoms with van der Waals surface area (Å²) in [5.74, 6) is 1.57. The van der Waals surface area contributed by atoms with Crippen LogP contribution in [0, 0.1) is 5.92 Å². The zero-order valence-corrected chi connectivity index (χ0v) is 11.3. The van der Waals surface area contributed by atoms with Gasteiger partial charge in [-0.25, -0.2) is 4.98 Å². The van der Waals surface area contributed by atoms with Gasteiger partial charge < -0.3 is 15.4 Å². The first-order valence-electron chi connectivity index (χ1n) is 7.08. The molecule has 4 nitrogen and oxygen atoms in total. The first kappa shape index (κ1) is 12.6. The zero-order valence-electron chi connectivity index (χ0n) is 11.3. The second-order valence-corrected chi connectivity index (χ2v) is 5.41. The highest BCUT2D eigenvalue weighted by molar-refractivity contribution is 5.76. The minimum absolute atomic E-state index is 0.0212. The van der Waals surface area contributed by atoms with E-state index in [9.17, 15) is 5.11 Å². The maximum absolute atomic E-state index is 9.80. The van der Waals surface area contributed by atoms with E-state index in [0.29, 0.717) is 5.92 Å². The number of hydrogen-bond donors (Lipinski definition) is 2.